The van der Waals surface area contributed by atoms with E-state index in [2.05, 4.69) is 46.9 Å². The summed E-state index contributed by atoms with van der Waals surface area (Å²) in [5.41, 5.74) is 1.22. The third kappa shape index (κ3) is 3.72. The Bertz CT molecular complexity index is 407. The third-order valence-electron chi connectivity index (χ3n) is 3.97. The molecule has 2 atom stereocenters. The molecule has 1 fully saturated rings. The summed E-state index contributed by atoms with van der Waals surface area (Å²) in [6.07, 6.45) is 5.41. The monoisotopic (exact) mass is 329 g/mol. The zero-order valence-electron chi connectivity index (χ0n) is 11.1. The highest BCUT2D eigenvalue weighted by molar-refractivity contribution is 9.10. The maximum Gasteiger partial charge on any atom is 0.0462 e. The molecule has 2 unspecified atom stereocenters. The summed E-state index contributed by atoms with van der Waals surface area (Å²) in [7, 11) is 2.22. The van der Waals surface area contributed by atoms with Crippen LogP contribution < -0.4 is 0 Å². The lowest BCUT2D eigenvalue weighted by atomic mass is 9.86. The Balaban J connectivity index is 1.99. The second-order valence-electron chi connectivity index (χ2n) is 5.58. The number of hydrogen-bond donors (Lipinski definition) is 0. The van der Waals surface area contributed by atoms with Crippen LogP contribution in [0.3, 0.4) is 0 Å². The van der Waals surface area contributed by atoms with Crippen LogP contribution in [0.15, 0.2) is 22.7 Å². The van der Waals surface area contributed by atoms with Crippen molar-refractivity contribution in [3.05, 3.63) is 33.3 Å². The molecule has 0 amide bonds. The highest BCUT2D eigenvalue weighted by atomic mass is 79.9. The summed E-state index contributed by atoms with van der Waals surface area (Å²) in [6, 6.07) is 6.88. The van der Waals surface area contributed by atoms with Crippen LogP contribution in [-0.4, -0.2) is 18.0 Å². The van der Waals surface area contributed by atoms with Crippen molar-refractivity contribution in [1.82, 2.24) is 4.90 Å². The number of benzene rings is 1. The van der Waals surface area contributed by atoms with Crippen LogP contribution in [0.25, 0.3) is 0 Å². The minimum absolute atomic E-state index is 0.716. The van der Waals surface area contributed by atoms with Gasteiger partial charge in [-0.25, -0.2) is 0 Å². The lowest BCUT2D eigenvalue weighted by Gasteiger charge is -2.34. The van der Waals surface area contributed by atoms with Crippen LogP contribution in [0.5, 0.6) is 0 Å². The van der Waals surface area contributed by atoms with Crippen LogP contribution in [0.2, 0.25) is 5.02 Å². The summed E-state index contributed by atoms with van der Waals surface area (Å²) in [4.78, 5) is 2.46. The molecule has 1 aromatic carbocycles. The number of nitrogens with zero attached hydrogens (tertiary/aromatic N) is 1. The molecule has 3 heteroatoms. The largest absolute Gasteiger partial charge is 0.299 e. The molecule has 0 radical (unpaired) electrons. The van der Waals surface area contributed by atoms with Gasteiger partial charge in [-0.05, 0) is 43.5 Å². The van der Waals surface area contributed by atoms with Crippen molar-refractivity contribution in [2.24, 2.45) is 5.92 Å². The van der Waals surface area contributed by atoms with E-state index in [1.807, 2.05) is 6.07 Å². The van der Waals surface area contributed by atoms with Crippen LogP contribution in [0.1, 0.15) is 38.2 Å². The van der Waals surface area contributed by atoms with Gasteiger partial charge >= 0.3 is 0 Å². The summed E-state index contributed by atoms with van der Waals surface area (Å²) in [5, 5.41) is 0.861. The van der Waals surface area contributed by atoms with E-state index in [-0.39, 0.29) is 0 Å². The Morgan fingerprint density at radius 2 is 2.17 bits per heavy atom. The molecule has 1 saturated carbocycles. The SMILES string of the molecule is CC1CCCC(N(C)Cc2ccc(Br)cc2Cl)C1. The maximum atomic E-state index is 6.28. The molecule has 0 N–H and O–H groups in total. The van der Waals surface area contributed by atoms with E-state index in [0.717, 1.165) is 22.0 Å². The first-order valence-corrected chi connectivity index (χ1v) is 7.87. The molecule has 1 aromatic rings. The molecule has 0 spiro atoms. The van der Waals surface area contributed by atoms with Crippen LogP contribution in [0.4, 0.5) is 0 Å². The van der Waals surface area contributed by atoms with Crippen molar-refractivity contribution < 1.29 is 0 Å². The second-order valence-corrected chi connectivity index (χ2v) is 6.90. The summed E-state index contributed by atoms with van der Waals surface area (Å²) in [5.74, 6) is 0.867. The molecular weight excluding hydrogens is 310 g/mol. The van der Waals surface area contributed by atoms with Gasteiger partial charge in [0.1, 0.15) is 0 Å². The van der Waals surface area contributed by atoms with Crippen molar-refractivity contribution in [2.75, 3.05) is 7.05 Å². The van der Waals surface area contributed by atoms with Gasteiger partial charge in [0.05, 0.1) is 0 Å². The maximum absolute atomic E-state index is 6.28. The van der Waals surface area contributed by atoms with E-state index in [9.17, 15) is 0 Å². The van der Waals surface area contributed by atoms with E-state index >= 15 is 0 Å². The van der Waals surface area contributed by atoms with E-state index in [1.54, 1.807) is 0 Å². The standard InChI is InChI=1S/C15H21BrClN/c1-11-4-3-5-14(8-11)18(2)10-12-6-7-13(16)9-15(12)17/h6-7,9,11,14H,3-5,8,10H2,1-2H3. The van der Waals surface area contributed by atoms with Gasteiger partial charge in [-0.15, -0.1) is 0 Å². The topological polar surface area (TPSA) is 3.24 Å². The van der Waals surface area contributed by atoms with Gasteiger partial charge < -0.3 is 0 Å². The Kier molecular flexibility index (Phi) is 5.11. The van der Waals surface area contributed by atoms with Gasteiger partial charge in [0.2, 0.25) is 0 Å². The molecule has 0 heterocycles. The van der Waals surface area contributed by atoms with Crippen molar-refractivity contribution >= 4 is 27.5 Å². The molecule has 0 aliphatic heterocycles. The predicted octanol–water partition coefficient (Wildman–Crippen LogP) is 5.11. The fraction of sp³-hybridized carbons (Fsp3) is 0.600. The highest BCUT2D eigenvalue weighted by Crippen LogP contribution is 2.29. The molecule has 1 aliphatic carbocycles. The van der Waals surface area contributed by atoms with Crippen molar-refractivity contribution in [3.8, 4) is 0 Å². The zero-order valence-corrected chi connectivity index (χ0v) is 13.5. The average Bonchev–Trinajstić information content (AvgIpc) is 2.32. The van der Waals surface area contributed by atoms with Gasteiger partial charge in [0.15, 0.2) is 0 Å². The fourth-order valence-electron chi connectivity index (χ4n) is 2.85. The first-order valence-electron chi connectivity index (χ1n) is 6.70. The minimum Gasteiger partial charge on any atom is -0.299 e. The molecular formula is C15H21BrClN. The molecule has 18 heavy (non-hydrogen) atoms. The molecule has 0 saturated heterocycles. The Morgan fingerprint density at radius 3 is 2.83 bits per heavy atom. The number of hydrogen-bond acceptors (Lipinski definition) is 1. The van der Waals surface area contributed by atoms with Gasteiger partial charge in [-0.3, -0.25) is 4.90 Å². The van der Waals surface area contributed by atoms with Crippen LogP contribution in [0, 0.1) is 5.92 Å². The highest BCUT2D eigenvalue weighted by Gasteiger charge is 2.22. The minimum atomic E-state index is 0.716. The first-order chi connectivity index (χ1) is 8.56. The van der Waals surface area contributed by atoms with Crippen LogP contribution >= 0.6 is 27.5 Å². The molecule has 1 aliphatic rings. The zero-order chi connectivity index (χ0) is 13.1. The normalized spacial score (nSPS) is 24.5. The Labute approximate surface area is 124 Å². The average molecular weight is 331 g/mol. The van der Waals surface area contributed by atoms with Crippen LogP contribution in [-0.2, 0) is 6.54 Å². The lowest BCUT2D eigenvalue weighted by molar-refractivity contribution is 0.158. The van der Waals surface area contributed by atoms with Crippen molar-refractivity contribution in [3.63, 3.8) is 0 Å². The number of rotatable bonds is 3. The Morgan fingerprint density at radius 1 is 1.39 bits per heavy atom. The molecule has 1 nitrogen and oxygen atoms in total. The summed E-state index contributed by atoms with van der Waals surface area (Å²) >= 11 is 9.73. The van der Waals surface area contributed by atoms with Crippen molar-refractivity contribution in [2.45, 2.75) is 45.2 Å². The Hall–Kier alpha value is -0.0500. The molecule has 0 aromatic heterocycles. The smallest absolute Gasteiger partial charge is 0.0462 e. The first kappa shape index (κ1) is 14.4. The summed E-state index contributed by atoms with van der Waals surface area (Å²) < 4.78 is 1.05. The molecule has 100 valence electrons. The fourth-order valence-corrected chi connectivity index (χ4v) is 3.58. The van der Waals surface area contributed by atoms with Gasteiger partial charge in [0.25, 0.3) is 0 Å². The second kappa shape index (κ2) is 6.40. The predicted molar refractivity (Wildman–Crippen MR) is 82.0 cm³/mol. The van der Waals surface area contributed by atoms with E-state index in [1.165, 1.54) is 31.2 Å². The van der Waals surface area contributed by atoms with Gasteiger partial charge in [0, 0.05) is 22.1 Å². The summed E-state index contributed by atoms with van der Waals surface area (Å²) in [6.45, 7) is 3.32. The molecule has 2 rings (SSSR count). The lowest BCUT2D eigenvalue weighted by Crippen LogP contribution is -2.35. The van der Waals surface area contributed by atoms with E-state index in [4.69, 9.17) is 11.6 Å². The van der Waals surface area contributed by atoms with Gasteiger partial charge in [-0.2, -0.15) is 0 Å². The third-order valence-corrected chi connectivity index (χ3v) is 4.81. The van der Waals surface area contributed by atoms with E-state index < -0.39 is 0 Å². The molecule has 0 bridgehead atoms. The van der Waals surface area contributed by atoms with Gasteiger partial charge in [-0.1, -0.05) is 53.4 Å². The quantitative estimate of drug-likeness (QED) is 0.744. The van der Waals surface area contributed by atoms with Crippen molar-refractivity contribution in [1.29, 1.82) is 0 Å². The van der Waals surface area contributed by atoms with E-state index in [0.29, 0.717) is 6.04 Å². The number of halogens is 2.